The summed E-state index contributed by atoms with van der Waals surface area (Å²) in [6.45, 7) is 6.11. The van der Waals surface area contributed by atoms with Gasteiger partial charge in [-0.3, -0.25) is 9.69 Å². The second kappa shape index (κ2) is 6.45. The van der Waals surface area contributed by atoms with Crippen LogP contribution in [0.5, 0.6) is 0 Å². The van der Waals surface area contributed by atoms with Gasteiger partial charge in [0.15, 0.2) is 0 Å². The van der Waals surface area contributed by atoms with Crippen LogP contribution in [0.2, 0.25) is 0 Å². The van der Waals surface area contributed by atoms with Gasteiger partial charge in [-0.05, 0) is 50.9 Å². The summed E-state index contributed by atoms with van der Waals surface area (Å²) in [5.74, 6) is -0.0101. The van der Waals surface area contributed by atoms with Gasteiger partial charge in [0, 0.05) is 25.0 Å². The molecule has 0 bridgehead atoms. The molecule has 0 spiro atoms. The maximum absolute atomic E-state index is 12.2. The molecule has 1 fully saturated rings. The molecule has 1 atom stereocenters. The number of rotatable bonds is 4. The predicted molar refractivity (Wildman–Crippen MR) is 85.3 cm³/mol. The summed E-state index contributed by atoms with van der Waals surface area (Å²) in [6, 6.07) is 5.56. The number of carbonyl (C=O) groups excluding carboxylic acids is 1. The molecule has 1 aromatic carbocycles. The van der Waals surface area contributed by atoms with Crippen LogP contribution in [0.15, 0.2) is 18.2 Å². The number of nitrogens with one attached hydrogen (secondary N) is 1. The van der Waals surface area contributed by atoms with Crippen LogP contribution in [0, 0.1) is 6.92 Å². The van der Waals surface area contributed by atoms with Gasteiger partial charge < -0.3 is 15.8 Å². The molecule has 1 saturated heterocycles. The van der Waals surface area contributed by atoms with Gasteiger partial charge in [0.2, 0.25) is 5.91 Å². The number of methoxy groups -OCH3 is 1. The molecular weight excluding hydrogens is 266 g/mol. The van der Waals surface area contributed by atoms with Crippen molar-refractivity contribution < 1.29 is 9.53 Å². The molecule has 3 N–H and O–H groups in total. The molecule has 5 heteroatoms. The van der Waals surface area contributed by atoms with Crippen molar-refractivity contribution in [3.8, 4) is 0 Å². The van der Waals surface area contributed by atoms with Gasteiger partial charge in [0.25, 0.3) is 0 Å². The standard InChI is InChI=1S/C16H25N3O2/c1-12-13(17)6-4-7-14(12)18-15(20)10-19-9-5-8-16(2,11-19)21-3/h4,6-7H,5,8-11,17H2,1-3H3,(H,18,20). The Morgan fingerprint density at radius 2 is 2.29 bits per heavy atom. The minimum atomic E-state index is -0.147. The Balaban J connectivity index is 1.94. The summed E-state index contributed by atoms with van der Waals surface area (Å²) in [4.78, 5) is 14.4. The number of anilines is 2. The van der Waals surface area contributed by atoms with Crippen molar-refractivity contribution in [2.24, 2.45) is 0 Å². The number of ether oxygens (including phenoxy) is 1. The van der Waals surface area contributed by atoms with Crippen molar-refractivity contribution in [2.75, 3.05) is 37.8 Å². The molecule has 5 nitrogen and oxygen atoms in total. The Morgan fingerprint density at radius 3 is 3.00 bits per heavy atom. The Labute approximate surface area is 126 Å². The number of benzene rings is 1. The summed E-state index contributed by atoms with van der Waals surface area (Å²) in [5.41, 5.74) is 8.09. The van der Waals surface area contributed by atoms with Crippen LogP contribution >= 0.6 is 0 Å². The molecule has 2 rings (SSSR count). The Bertz CT molecular complexity index is 518. The minimum absolute atomic E-state index is 0.0101. The molecule has 0 radical (unpaired) electrons. The molecule has 21 heavy (non-hydrogen) atoms. The molecule has 1 amide bonds. The third kappa shape index (κ3) is 3.95. The quantitative estimate of drug-likeness (QED) is 0.833. The Kier molecular flexibility index (Phi) is 4.85. The zero-order valence-electron chi connectivity index (χ0n) is 13.1. The smallest absolute Gasteiger partial charge is 0.238 e. The number of hydrogen-bond donors (Lipinski definition) is 2. The summed E-state index contributed by atoms with van der Waals surface area (Å²) in [6.07, 6.45) is 2.09. The first-order chi connectivity index (χ1) is 9.93. The molecule has 1 heterocycles. The van der Waals surface area contributed by atoms with E-state index >= 15 is 0 Å². The monoisotopic (exact) mass is 291 g/mol. The highest BCUT2D eigenvalue weighted by Gasteiger charge is 2.31. The normalized spacial score (nSPS) is 23.0. The SMILES string of the molecule is COC1(C)CCCN(CC(=O)Nc2cccc(N)c2C)C1. The highest BCUT2D eigenvalue weighted by atomic mass is 16.5. The second-order valence-corrected chi connectivity index (χ2v) is 6.04. The molecule has 0 aromatic heterocycles. The second-order valence-electron chi connectivity index (χ2n) is 6.04. The Morgan fingerprint density at radius 1 is 1.52 bits per heavy atom. The molecule has 0 saturated carbocycles. The van der Waals surface area contributed by atoms with Crippen molar-refractivity contribution in [1.82, 2.24) is 4.90 Å². The fourth-order valence-electron chi connectivity index (χ4n) is 2.79. The van der Waals surface area contributed by atoms with E-state index in [2.05, 4.69) is 17.1 Å². The molecule has 1 aliphatic heterocycles. The predicted octanol–water partition coefficient (Wildman–Crippen LogP) is 2.02. The summed E-state index contributed by atoms with van der Waals surface area (Å²) >= 11 is 0. The van der Waals surface area contributed by atoms with Gasteiger partial charge in [-0.1, -0.05) is 6.07 Å². The highest BCUT2D eigenvalue weighted by Crippen LogP contribution is 2.24. The molecule has 1 aliphatic rings. The lowest BCUT2D eigenvalue weighted by molar-refractivity contribution is -0.119. The largest absolute Gasteiger partial charge is 0.398 e. The fraction of sp³-hybridized carbons (Fsp3) is 0.562. The van der Waals surface area contributed by atoms with Gasteiger partial charge in [0.05, 0.1) is 12.1 Å². The zero-order valence-corrected chi connectivity index (χ0v) is 13.1. The van der Waals surface area contributed by atoms with E-state index in [9.17, 15) is 4.79 Å². The number of carbonyl (C=O) groups is 1. The van der Waals surface area contributed by atoms with Crippen LogP contribution < -0.4 is 11.1 Å². The maximum Gasteiger partial charge on any atom is 0.238 e. The first kappa shape index (κ1) is 15.8. The number of amides is 1. The van der Waals surface area contributed by atoms with Crippen LogP contribution in [0.4, 0.5) is 11.4 Å². The number of likely N-dealkylation sites (tertiary alicyclic amines) is 1. The molecule has 0 aliphatic carbocycles. The van der Waals surface area contributed by atoms with Gasteiger partial charge >= 0.3 is 0 Å². The molecule has 1 aromatic rings. The molecular formula is C16H25N3O2. The Hall–Kier alpha value is -1.59. The van der Waals surface area contributed by atoms with E-state index in [4.69, 9.17) is 10.5 Å². The van der Waals surface area contributed by atoms with Gasteiger partial charge in [-0.2, -0.15) is 0 Å². The van der Waals surface area contributed by atoms with Crippen LogP contribution in [0.3, 0.4) is 0 Å². The number of nitrogens with two attached hydrogens (primary N) is 1. The van der Waals surface area contributed by atoms with Crippen LogP contribution in [0.1, 0.15) is 25.3 Å². The lowest BCUT2D eigenvalue weighted by Crippen LogP contribution is -2.49. The van der Waals surface area contributed by atoms with E-state index in [1.165, 1.54) is 0 Å². The van der Waals surface area contributed by atoms with Gasteiger partial charge in [0.1, 0.15) is 0 Å². The average molecular weight is 291 g/mol. The van der Waals surface area contributed by atoms with E-state index in [1.807, 2.05) is 25.1 Å². The fourth-order valence-corrected chi connectivity index (χ4v) is 2.79. The lowest BCUT2D eigenvalue weighted by atomic mass is 9.95. The van der Waals surface area contributed by atoms with Crippen LogP contribution in [-0.4, -0.2) is 43.2 Å². The van der Waals surface area contributed by atoms with Crippen LogP contribution in [-0.2, 0) is 9.53 Å². The van der Waals surface area contributed by atoms with E-state index in [1.54, 1.807) is 7.11 Å². The van der Waals surface area contributed by atoms with Gasteiger partial charge in [-0.15, -0.1) is 0 Å². The molecule has 1 unspecified atom stereocenters. The number of piperidine rings is 1. The first-order valence-electron chi connectivity index (χ1n) is 7.36. The lowest BCUT2D eigenvalue weighted by Gasteiger charge is -2.39. The summed E-state index contributed by atoms with van der Waals surface area (Å²) in [7, 11) is 1.74. The average Bonchev–Trinajstić information content (AvgIpc) is 2.44. The van der Waals surface area contributed by atoms with Crippen molar-refractivity contribution in [3.63, 3.8) is 0 Å². The first-order valence-corrected chi connectivity index (χ1v) is 7.36. The maximum atomic E-state index is 12.2. The van der Waals surface area contributed by atoms with Crippen molar-refractivity contribution in [1.29, 1.82) is 0 Å². The van der Waals surface area contributed by atoms with Gasteiger partial charge in [-0.25, -0.2) is 0 Å². The number of nitrogen functional groups attached to an aromatic ring is 1. The minimum Gasteiger partial charge on any atom is -0.398 e. The van der Waals surface area contributed by atoms with E-state index in [-0.39, 0.29) is 11.5 Å². The van der Waals surface area contributed by atoms with E-state index < -0.39 is 0 Å². The van der Waals surface area contributed by atoms with Crippen molar-refractivity contribution in [3.05, 3.63) is 23.8 Å². The topological polar surface area (TPSA) is 67.6 Å². The van der Waals surface area contributed by atoms with Crippen LogP contribution in [0.25, 0.3) is 0 Å². The number of nitrogens with zero attached hydrogens (tertiary/aromatic N) is 1. The number of hydrogen-bond acceptors (Lipinski definition) is 4. The van der Waals surface area contributed by atoms with E-state index in [0.717, 1.165) is 37.2 Å². The highest BCUT2D eigenvalue weighted by molar-refractivity contribution is 5.93. The summed E-state index contributed by atoms with van der Waals surface area (Å²) in [5, 5.41) is 2.94. The van der Waals surface area contributed by atoms with Crippen molar-refractivity contribution >= 4 is 17.3 Å². The molecule has 116 valence electrons. The van der Waals surface area contributed by atoms with E-state index in [0.29, 0.717) is 12.2 Å². The zero-order chi connectivity index (χ0) is 15.5. The summed E-state index contributed by atoms with van der Waals surface area (Å²) < 4.78 is 5.55. The third-order valence-electron chi connectivity index (χ3n) is 4.25. The third-order valence-corrected chi connectivity index (χ3v) is 4.25. The van der Waals surface area contributed by atoms with Crippen molar-refractivity contribution in [2.45, 2.75) is 32.3 Å².